The molecule has 10 heteroatoms. The molecule has 3 aromatic rings. The summed E-state index contributed by atoms with van der Waals surface area (Å²) in [5.41, 5.74) is 4.48. The minimum atomic E-state index is -1.07. The topological polar surface area (TPSA) is 121 Å². The van der Waals surface area contributed by atoms with Crippen LogP contribution in [0.25, 0.3) is 11.1 Å². The summed E-state index contributed by atoms with van der Waals surface area (Å²) >= 11 is 0.986. The number of carboxylic acids is 1. The Labute approximate surface area is 206 Å². The summed E-state index contributed by atoms with van der Waals surface area (Å²) in [6.07, 6.45) is 0.567. The van der Waals surface area contributed by atoms with Crippen LogP contribution in [0.1, 0.15) is 31.7 Å². The number of carbonyl (C=O) groups is 3. The van der Waals surface area contributed by atoms with Gasteiger partial charge in [0.1, 0.15) is 22.5 Å². The summed E-state index contributed by atoms with van der Waals surface area (Å²) in [5.74, 6) is -1.57. The summed E-state index contributed by atoms with van der Waals surface area (Å²) in [4.78, 5) is 42.3. The molecule has 182 valence electrons. The first kappa shape index (κ1) is 24.4. The predicted octanol–water partition coefficient (Wildman–Crippen LogP) is 2.93. The van der Waals surface area contributed by atoms with Crippen LogP contribution in [0, 0.1) is 0 Å². The van der Waals surface area contributed by atoms with E-state index in [-0.39, 0.29) is 30.5 Å². The Kier molecular flexibility index (Phi) is 7.42. The van der Waals surface area contributed by atoms with Crippen LogP contribution in [0.4, 0.5) is 4.79 Å². The second-order valence-corrected chi connectivity index (χ2v) is 9.54. The van der Waals surface area contributed by atoms with E-state index < -0.39 is 24.0 Å². The Bertz CT molecular complexity index is 1200. The van der Waals surface area contributed by atoms with Gasteiger partial charge in [-0.05, 0) is 36.3 Å². The second-order valence-electron chi connectivity index (χ2n) is 8.43. The van der Waals surface area contributed by atoms with Gasteiger partial charge in [-0.1, -0.05) is 48.5 Å². The van der Waals surface area contributed by atoms with Crippen LogP contribution in [-0.4, -0.2) is 66.2 Å². The third kappa shape index (κ3) is 5.67. The van der Waals surface area contributed by atoms with Crippen molar-refractivity contribution in [1.82, 2.24) is 20.5 Å². The molecule has 2 aromatic carbocycles. The van der Waals surface area contributed by atoms with Crippen LogP contribution in [0.2, 0.25) is 0 Å². The van der Waals surface area contributed by atoms with E-state index in [1.165, 1.54) is 6.20 Å². The highest BCUT2D eigenvalue weighted by Gasteiger charge is 2.30. The second kappa shape index (κ2) is 10.7. The number of carbonyl (C=O) groups excluding carboxylic acids is 2. The number of ether oxygens (including phenoxy) is 1. The molecule has 0 saturated carbocycles. The number of likely N-dealkylation sites (N-methyl/N-ethyl adjacent to an activating group) is 1. The monoisotopic (exact) mass is 494 g/mol. The standard InChI is InChI=1S/C25H26N4O5S/c1-29(2)13-20(23(30)27-12-22-26-11-21(35-22)24(31)32)28-25(33)34-14-19-17-9-5-3-7-15(17)16-8-4-6-10-18(16)19/h3-11,19-20H,12-14H2,1-2H3,(H,27,30)(H,28,33)(H,31,32). The molecule has 0 saturated heterocycles. The number of aromatic carboxylic acids is 1. The molecule has 1 aliphatic rings. The first-order valence-corrected chi connectivity index (χ1v) is 11.9. The molecule has 9 nitrogen and oxygen atoms in total. The summed E-state index contributed by atoms with van der Waals surface area (Å²) in [7, 11) is 3.58. The van der Waals surface area contributed by atoms with Crippen molar-refractivity contribution in [3.8, 4) is 11.1 Å². The molecule has 0 aliphatic heterocycles. The number of fused-ring (bicyclic) bond motifs is 3. The normalized spacial score (nSPS) is 13.1. The minimum Gasteiger partial charge on any atom is -0.477 e. The van der Waals surface area contributed by atoms with Gasteiger partial charge < -0.3 is 25.4 Å². The van der Waals surface area contributed by atoms with Gasteiger partial charge in [0, 0.05) is 12.5 Å². The van der Waals surface area contributed by atoms with E-state index in [1.807, 2.05) is 36.4 Å². The summed E-state index contributed by atoms with van der Waals surface area (Å²) in [6, 6.07) is 15.3. The van der Waals surface area contributed by atoms with E-state index in [4.69, 9.17) is 9.84 Å². The van der Waals surface area contributed by atoms with Crippen molar-refractivity contribution in [3.63, 3.8) is 0 Å². The molecule has 4 rings (SSSR count). The average molecular weight is 495 g/mol. The highest BCUT2D eigenvalue weighted by Crippen LogP contribution is 2.44. The summed E-state index contributed by atoms with van der Waals surface area (Å²) in [6.45, 7) is 0.467. The zero-order valence-electron chi connectivity index (χ0n) is 19.4. The number of benzene rings is 2. The third-order valence-corrected chi connectivity index (χ3v) is 6.66. The fraction of sp³-hybridized carbons (Fsp3) is 0.280. The molecule has 1 aromatic heterocycles. The molecule has 35 heavy (non-hydrogen) atoms. The van der Waals surface area contributed by atoms with Crippen molar-refractivity contribution in [2.75, 3.05) is 27.2 Å². The highest BCUT2D eigenvalue weighted by atomic mass is 32.1. The molecule has 2 amide bonds. The van der Waals surface area contributed by atoms with E-state index in [0.717, 1.165) is 33.6 Å². The van der Waals surface area contributed by atoms with Gasteiger partial charge in [0.2, 0.25) is 5.91 Å². The number of thiazole rings is 1. The number of amides is 2. The Morgan fingerprint density at radius 1 is 1.09 bits per heavy atom. The van der Waals surface area contributed by atoms with E-state index in [1.54, 1.807) is 19.0 Å². The van der Waals surface area contributed by atoms with Crippen molar-refractivity contribution in [3.05, 3.63) is 75.7 Å². The van der Waals surface area contributed by atoms with Gasteiger partial charge in [0.15, 0.2) is 0 Å². The fourth-order valence-electron chi connectivity index (χ4n) is 4.12. The number of nitrogens with one attached hydrogen (secondary N) is 2. The van der Waals surface area contributed by atoms with Gasteiger partial charge in [0.05, 0.1) is 12.7 Å². The van der Waals surface area contributed by atoms with Crippen LogP contribution >= 0.6 is 11.3 Å². The lowest BCUT2D eigenvalue weighted by molar-refractivity contribution is -0.123. The molecule has 1 aliphatic carbocycles. The average Bonchev–Trinajstić information content (AvgIpc) is 3.44. The lowest BCUT2D eigenvalue weighted by Gasteiger charge is -2.22. The molecular formula is C25H26N4O5S. The summed E-state index contributed by atoms with van der Waals surface area (Å²) < 4.78 is 5.57. The van der Waals surface area contributed by atoms with E-state index in [9.17, 15) is 14.4 Å². The number of carboxylic acid groups (broad SMARTS) is 1. The number of aromatic nitrogens is 1. The number of alkyl carbamates (subject to hydrolysis) is 1. The maximum atomic E-state index is 12.8. The zero-order valence-corrected chi connectivity index (χ0v) is 20.2. The van der Waals surface area contributed by atoms with Crippen LogP contribution in [-0.2, 0) is 16.1 Å². The van der Waals surface area contributed by atoms with Gasteiger partial charge in [-0.2, -0.15) is 0 Å². The van der Waals surface area contributed by atoms with Crippen LogP contribution in [0.3, 0.4) is 0 Å². The molecule has 1 unspecified atom stereocenters. The fourth-order valence-corrected chi connectivity index (χ4v) is 4.81. The van der Waals surface area contributed by atoms with Gasteiger partial charge in [0.25, 0.3) is 0 Å². The Balaban J connectivity index is 1.37. The van der Waals surface area contributed by atoms with Gasteiger partial charge in [-0.25, -0.2) is 14.6 Å². The largest absolute Gasteiger partial charge is 0.477 e. The number of rotatable bonds is 9. The molecule has 1 atom stereocenters. The zero-order chi connectivity index (χ0) is 24.9. The van der Waals surface area contributed by atoms with Crippen LogP contribution < -0.4 is 10.6 Å². The molecular weight excluding hydrogens is 468 g/mol. The minimum absolute atomic E-state index is 0.0626. The number of hydrogen-bond acceptors (Lipinski definition) is 7. The van der Waals surface area contributed by atoms with Crippen molar-refractivity contribution in [2.24, 2.45) is 0 Å². The number of nitrogens with zero attached hydrogens (tertiary/aromatic N) is 2. The van der Waals surface area contributed by atoms with E-state index in [0.29, 0.717) is 5.01 Å². The van der Waals surface area contributed by atoms with Gasteiger partial charge >= 0.3 is 12.1 Å². The number of hydrogen-bond donors (Lipinski definition) is 3. The molecule has 0 radical (unpaired) electrons. The van der Waals surface area contributed by atoms with E-state index >= 15 is 0 Å². The van der Waals surface area contributed by atoms with E-state index in [2.05, 4.69) is 27.8 Å². The molecule has 3 N–H and O–H groups in total. The molecule has 0 spiro atoms. The van der Waals surface area contributed by atoms with Crippen LogP contribution in [0.5, 0.6) is 0 Å². The van der Waals surface area contributed by atoms with Crippen molar-refractivity contribution in [1.29, 1.82) is 0 Å². The lowest BCUT2D eigenvalue weighted by Crippen LogP contribution is -2.51. The summed E-state index contributed by atoms with van der Waals surface area (Å²) in [5, 5.41) is 14.8. The molecule has 0 fully saturated rings. The maximum absolute atomic E-state index is 12.8. The molecule has 0 bridgehead atoms. The van der Waals surface area contributed by atoms with Gasteiger partial charge in [-0.15, -0.1) is 11.3 Å². The Morgan fingerprint density at radius 2 is 1.71 bits per heavy atom. The first-order chi connectivity index (χ1) is 16.8. The first-order valence-electron chi connectivity index (χ1n) is 11.1. The quantitative estimate of drug-likeness (QED) is 0.418. The highest BCUT2D eigenvalue weighted by molar-refractivity contribution is 7.13. The third-order valence-electron chi connectivity index (χ3n) is 5.68. The molecule has 1 heterocycles. The predicted molar refractivity (Wildman–Crippen MR) is 131 cm³/mol. The lowest BCUT2D eigenvalue weighted by atomic mass is 9.98. The smallest absolute Gasteiger partial charge is 0.407 e. The van der Waals surface area contributed by atoms with Crippen molar-refractivity contribution < 1.29 is 24.2 Å². The maximum Gasteiger partial charge on any atom is 0.407 e. The van der Waals surface area contributed by atoms with Gasteiger partial charge in [-0.3, -0.25) is 4.79 Å². The Morgan fingerprint density at radius 3 is 2.29 bits per heavy atom. The van der Waals surface area contributed by atoms with Crippen LogP contribution in [0.15, 0.2) is 54.7 Å². The SMILES string of the molecule is CN(C)CC(NC(=O)OCC1c2ccccc2-c2ccccc21)C(=O)NCc1ncc(C(=O)O)s1. The van der Waals surface area contributed by atoms with Crippen molar-refractivity contribution >= 4 is 29.3 Å². The van der Waals surface area contributed by atoms with Crippen molar-refractivity contribution in [2.45, 2.75) is 18.5 Å². The Hall–Kier alpha value is -3.76.